The second kappa shape index (κ2) is 4.65. The van der Waals surface area contributed by atoms with Gasteiger partial charge in [-0.05, 0) is 13.0 Å². The Balaban J connectivity index is 2.14. The van der Waals surface area contributed by atoms with Gasteiger partial charge in [-0.15, -0.1) is 0 Å². The zero-order valence-corrected chi connectivity index (χ0v) is 9.81. The Bertz CT molecular complexity index is 374. The van der Waals surface area contributed by atoms with Gasteiger partial charge in [-0.25, -0.2) is 4.98 Å². The first-order valence-corrected chi connectivity index (χ1v) is 5.70. The molecule has 2 heterocycles. The van der Waals surface area contributed by atoms with E-state index in [1.165, 1.54) is 0 Å². The average Bonchev–Trinajstić information content (AvgIpc) is 2.85. The van der Waals surface area contributed by atoms with Crippen LogP contribution in [-0.2, 0) is 11.3 Å². The molecule has 2 rings (SSSR count). The minimum atomic E-state index is -0.0545. The van der Waals surface area contributed by atoms with Crippen LogP contribution in [-0.4, -0.2) is 40.5 Å². The van der Waals surface area contributed by atoms with Crippen LogP contribution >= 0.6 is 0 Å². The Morgan fingerprint density at radius 1 is 1.62 bits per heavy atom. The van der Waals surface area contributed by atoms with Crippen molar-refractivity contribution in [1.82, 2.24) is 19.8 Å². The summed E-state index contributed by atoms with van der Waals surface area (Å²) < 4.78 is 1.99. The van der Waals surface area contributed by atoms with E-state index in [-0.39, 0.29) is 11.9 Å². The molecule has 1 fully saturated rings. The zero-order chi connectivity index (χ0) is 11.5. The van der Waals surface area contributed by atoms with E-state index in [9.17, 15) is 4.79 Å². The van der Waals surface area contributed by atoms with Crippen LogP contribution in [0.2, 0.25) is 0 Å². The van der Waals surface area contributed by atoms with Gasteiger partial charge in [-0.3, -0.25) is 4.79 Å². The van der Waals surface area contributed by atoms with Crippen LogP contribution in [0.1, 0.15) is 25.1 Å². The molecule has 1 aliphatic rings. The number of hydrogen-bond donors (Lipinski definition) is 1. The minimum absolute atomic E-state index is 0.0545. The van der Waals surface area contributed by atoms with E-state index in [0.717, 1.165) is 31.7 Å². The normalized spacial score (nSPS) is 20.8. The van der Waals surface area contributed by atoms with Gasteiger partial charge in [-0.2, -0.15) is 0 Å². The summed E-state index contributed by atoms with van der Waals surface area (Å²) in [6.45, 7) is 4.59. The largest absolute Gasteiger partial charge is 0.344 e. The molecule has 0 aliphatic carbocycles. The van der Waals surface area contributed by atoms with Crippen molar-refractivity contribution < 1.29 is 4.79 Å². The molecular formula is C11H18N4O. The molecule has 88 valence electrons. The van der Waals surface area contributed by atoms with Crippen molar-refractivity contribution in [3.63, 3.8) is 0 Å². The van der Waals surface area contributed by atoms with Gasteiger partial charge in [0, 0.05) is 26.3 Å². The fourth-order valence-corrected chi connectivity index (χ4v) is 2.06. The highest BCUT2D eigenvalue weighted by Gasteiger charge is 2.31. The number of imidazole rings is 1. The molecule has 0 saturated carbocycles. The predicted octanol–water partition coefficient (Wildman–Crippen LogP) is 0.396. The lowest BCUT2D eigenvalue weighted by Crippen LogP contribution is -2.26. The maximum Gasteiger partial charge on any atom is 0.245 e. The molecule has 0 spiro atoms. The summed E-state index contributed by atoms with van der Waals surface area (Å²) in [5.41, 5.74) is 1.08. The van der Waals surface area contributed by atoms with Crippen LogP contribution in [0.3, 0.4) is 0 Å². The number of nitrogens with one attached hydrogen (secondary N) is 1. The van der Waals surface area contributed by atoms with Gasteiger partial charge < -0.3 is 14.8 Å². The molecule has 0 radical (unpaired) electrons. The Labute approximate surface area is 95.5 Å². The Kier molecular flexibility index (Phi) is 3.24. The summed E-state index contributed by atoms with van der Waals surface area (Å²) in [7, 11) is 1.85. The highest BCUT2D eigenvalue weighted by Crippen LogP contribution is 2.23. The summed E-state index contributed by atoms with van der Waals surface area (Å²) in [5.74, 6) is 0.191. The van der Waals surface area contributed by atoms with Crippen molar-refractivity contribution in [2.24, 2.45) is 0 Å². The fraction of sp³-hybridized carbons (Fsp3) is 0.636. The Morgan fingerprint density at radius 2 is 2.44 bits per heavy atom. The molecule has 1 aromatic heterocycles. The van der Waals surface area contributed by atoms with Gasteiger partial charge in [-0.1, -0.05) is 6.92 Å². The number of rotatable bonds is 4. The van der Waals surface area contributed by atoms with Crippen LogP contribution < -0.4 is 5.32 Å². The third kappa shape index (κ3) is 1.95. The molecular weight excluding hydrogens is 204 g/mol. The molecule has 1 N–H and O–H groups in total. The third-order valence-electron chi connectivity index (χ3n) is 3.04. The Hall–Kier alpha value is -1.36. The lowest BCUT2D eigenvalue weighted by Gasteiger charge is -2.14. The van der Waals surface area contributed by atoms with Crippen molar-refractivity contribution in [2.75, 3.05) is 20.1 Å². The number of aromatic nitrogens is 2. The van der Waals surface area contributed by atoms with E-state index in [0.29, 0.717) is 0 Å². The highest BCUT2D eigenvalue weighted by molar-refractivity contribution is 5.82. The van der Waals surface area contributed by atoms with Crippen LogP contribution in [0.4, 0.5) is 0 Å². The number of hydrogen-bond acceptors (Lipinski definition) is 3. The SMILES string of the molecule is CCNCc1cncn1C1CCN(C)C1=O. The summed E-state index contributed by atoms with van der Waals surface area (Å²) in [6.07, 6.45) is 4.47. The standard InChI is InChI=1S/C11H18N4O/c1-3-12-6-9-7-13-8-15(9)10-4-5-14(2)11(10)16/h7-8,10,12H,3-6H2,1-2H3. The van der Waals surface area contributed by atoms with Crippen molar-refractivity contribution in [3.8, 4) is 0 Å². The second-order valence-electron chi connectivity index (χ2n) is 4.14. The molecule has 1 saturated heterocycles. The maximum absolute atomic E-state index is 11.9. The quantitative estimate of drug-likeness (QED) is 0.802. The number of carbonyl (C=O) groups excluding carboxylic acids is 1. The van der Waals surface area contributed by atoms with Crippen LogP contribution in [0.15, 0.2) is 12.5 Å². The molecule has 0 aromatic carbocycles. The average molecular weight is 222 g/mol. The molecule has 0 bridgehead atoms. The lowest BCUT2D eigenvalue weighted by atomic mass is 10.2. The van der Waals surface area contributed by atoms with E-state index in [1.807, 2.05) is 17.8 Å². The summed E-state index contributed by atoms with van der Waals surface area (Å²) >= 11 is 0. The first kappa shape index (κ1) is 11.1. The van der Waals surface area contributed by atoms with Gasteiger partial charge in [0.25, 0.3) is 0 Å². The molecule has 16 heavy (non-hydrogen) atoms. The summed E-state index contributed by atoms with van der Waals surface area (Å²) in [5, 5.41) is 3.25. The number of likely N-dealkylation sites (tertiary alicyclic amines) is 1. The Morgan fingerprint density at radius 3 is 3.06 bits per heavy atom. The first-order valence-electron chi connectivity index (χ1n) is 5.70. The van der Waals surface area contributed by atoms with E-state index in [1.54, 1.807) is 11.2 Å². The number of carbonyl (C=O) groups is 1. The topological polar surface area (TPSA) is 50.2 Å². The molecule has 1 aromatic rings. The minimum Gasteiger partial charge on any atom is -0.344 e. The van der Waals surface area contributed by atoms with Crippen molar-refractivity contribution in [1.29, 1.82) is 0 Å². The summed E-state index contributed by atoms with van der Waals surface area (Å²) in [6, 6.07) is -0.0545. The predicted molar refractivity (Wildman–Crippen MR) is 60.9 cm³/mol. The van der Waals surface area contributed by atoms with Crippen molar-refractivity contribution >= 4 is 5.91 Å². The van der Waals surface area contributed by atoms with E-state index in [2.05, 4.69) is 17.2 Å². The molecule has 1 aliphatic heterocycles. The number of likely N-dealkylation sites (N-methyl/N-ethyl adjacent to an activating group) is 1. The van der Waals surface area contributed by atoms with Crippen molar-refractivity contribution in [2.45, 2.75) is 25.9 Å². The van der Waals surface area contributed by atoms with Gasteiger partial charge in [0.05, 0.1) is 12.0 Å². The molecule has 1 unspecified atom stereocenters. The fourth-order valence-electron chi connectivity index (χ4n) is 2.06. The smallest absolute Gasteiger partial charge is 0.245 e. The molecule has 5 heteroatoms. The van der Waals surface area contributed by atoms with Crippen LogP contribution in [0.25, 0.3) is 0 Å². The second-order valence-corrected chi connectivity index (χ2v) is 4.14. The van der Waals surface area contributed by atoms with Crippen molar-refractivity contribution in [3.05, 3.63) is 18.2 Å². The van der Waals surface area contributed by atoms with E-state index < -0.39 is 0 Å². The number of amides is 1. The van der Waals surface area contributed by atoms with Crippen LogP contribution in [0.5, 0.6) is 0 Å². The maximum atomic E-state index is 11.9. The molecule has 5 nitrogen and oxygen atoms in total. The molecule has 1 amide bonds. The monoisotopic (exact) mass is 222 g/mol. The van der Waals surface area contributed by atoms with Gasteiger partial charge >= 0.3 is 0 Å². The number of nitrogens with zero attached hydrogens (tertiary/aromatic N) is 3. The van der Waals surface area contributed by atoms with Gasteiger partial charge in [0.1, 0.15) is 6.04 Å². The van der Waals surface area contributed by atoms with E-state index >= 15 is 0 Å². The third-order valence-corrected chi connectivity index (χ3v) is 3.04. The summed E-state index contributed by atoms with van der Waals surface area (Å²) in [4.78, 5) is 17.8. The van der Waals surface area contributed by atoms with E-state index in [4.69, 9.17) is 0 Å². The first-order chi connectivity index (χ1) is 7.74. The van der Waals surface area contributed by atoms with Gasteiger partial charge in [0.15, 0.2) is 0 Å². The van der Waals surface area contributed by atoms with Gasteiger partial charge in [0.2, 0.25) is 5.91 Å². The molecule has 1 atom stereocenters. The van der Waals surface area contributed by atoms with Crippen LogP contribution in [0, 0.1) is 0 Å². The highest BCUT2D eigenvalue weighted by atomic mass is 16.2. The zero-order valence-electron chi connectivity index (χ0n) is 9.81. The lowest BCUT2D eigenvalue weighted by molar-refractivity contribution is -0.129.